The first-order valence-corrected chi connectivity index (χ1v) is 8.12. The van der Waals surface area contributed by atoms with Crippen molar-refractivity contribution in [3.63, 3.8) is 0 Å². The molecule has 1 fully saturated rings. The van der Waals surface area contributed by atoms with E-state index < -0.39 is 0 Å². The summed E-state index contributed by atoms with van der Waals surface area (Å²) in [5.74, 6) is 0.983. The summed E-state index contributed by atoms with van der Waals surface area (Å²) in [5, 5.41) is 2.01. The van der Waals surface area contributed by atoms with E-state index in [1.54, 1.807) is 11.3 Å². The SMILES string of the molecule is O=C(Cc1cn2ccsc2n1)CC1CCCCCC1. The molecule has 19 heavy (non-hydrogen) atoms. The molecule has 0 saturated heterocycles. The Morgan fingerprint density at radius 2 is 2.11 bits per heavy atom. The minimum absolute atomic E-state index is 0.359. The Kier molecular flexibility index (Phi) is 3.97. The second-order valence-electron chi connectivity index (χ2n) is 5.60. The van der Waals surface area contributed by atoms with Gasteiger partial charge in [0.15, 0.2) is 4.96 Å². The van der Waals surface area contributed by atoms with Crippen molar-refractivity contribution in [1.82, 2.24) is 9.38 Å². The second kappa shape index (κ2) is 5.87. The fourth-order valence-corrected chi connectivity index (χ4v) is 3.74. The van der Waals surface area contributed by atoms with E-state index in [2.05, 4.69) is 4.98 Å². The summed E-state index contributed by atoms with van der Waals surface area (Å²) in [5.41, 5.74) is 0.922. The fourth-order valence-electron chi connectivity index (χ4n) is 3.03. The first-order valence-electron chi connectivity index (χ1n) is 7.24. The van der Waals surface area contributed by atoms with Crippen LogP contribution in [-0.2, 0) is 11.2 Å². The van der Waals surface area contributed by atoms with Crippen LogP contribution in [0.5, 0.6) is 0 Å². The van der Waals surface area contributed by atoms with Gasteiger partial charge in [-0.05, 0) is 5.92 Å². The van der Waals surface area contributed by atoms with Crippen molar-refractivity contribution in [2.24, 2.45) is 5.92 Å². The van der Waals surface area contributed by atoms with E-state index in [-0.39, 0.29) is 0 Å². The summed E-state index contributed by atoms with van der Waals surface area (Å²) < 4.78 is 2.00. The number of carbonyl (C=O) groups excluding carboxylic acids is 1. The highest BCUT2D eigenvalue weighted by molar-refractivity contribution is 7.15. The lowest BCUT2D eigenvalue weighted by atomic mass is 9.93. The van der Waals surface area contributed by atoms with Crippen molar-refractivity contribution in [1.29, 1.82) is 0 Å². The van der Waals surface area contributed by atoms with E-state index in [0.29, 0.717) is 18.1 Å². The van der Waals surface area contributed by atoms with Crippen LogP contribution in [0, 0.1) is 5.92 Å². The van der Waals surface area contributed by atoms with Gasteiger partial charge in [-0.1, -0.05) is 38.5 Å². The summed E-state index contributed by atoms with van der Waals surface area (Å²) in [7, 11) is 0. The van der Waals surface area contributed by atoms with Crippen LogP contribution in [0.3, 0.4) is 0 Å². The Morgan fingerprint density at radius 3 is 2.84 bits per heavy atom. The molecule has 0 spiro atoms. The molecule has 0 N–H and O–H groups in total. The van der Waals surface area contributed by atoms with Crippen molar-refractivity contribution in [3.05, 3.63) is 23.5 Å². The Balaban J connectivity index is 1.56. The quantitative estimate of drug-likeness (QED) is 0.794. The number of rotatable bonds is 4. The standard InChI is InChI=1S/C15H20N2OS/c18-14(9-12-5-3-1-2-4-6-12)10-13-11-17-7-8-19-15(17)16-13/h7-8,11-12H,1-6,9-10H2. The topological polar surface area (TPSA) is 34.4 Å². The van der Waals surface area contributed by atoms with Crippen molar-refractivity contribution >= 4 is 22.1 Å². The van der Waals surface area contributed by atoms with E-state index in [0.717, 1.165) is 17.1 Å². The highest BCUT2D eigenvalue weighted by Crippen LogP contribution is 2.26. The van der Waals surface area contributed by atoms with Gasteiger partial charge in [0.05, 0.1) is 12.1 Å². The Labute approximate surface area is 117 Å². The van der Waals surface area contributed by atoms with Gasteiger partial charge in [0.25, 0.3) is 0 Å². The molecule has 102 valence electrons. The number of fused-ring (bicyclic) bond motifs is 1. The molecule has 1 aliphatic rings. The lowest BCUT2D eigenvalue weighted by Crippen LogP contribution is -2.10. The monoisotopic (exact) mass is 276 g/mol. The molecule has 2 aromatic heterocycles. The van der Waals surface area contributed by atoms with Crippen LogP contribution in [0.15, 0.2) is 17.8 Å². The van der Waals surface area contributed by atoms with E-state index >= 15 is 0 Å². The smallest absolute Gasteiger partial charge is 0.193 e. The Morgan fingerprint density at radius 1 is 1.32 bits per heavy atom. The Hall–Kier alpha value is -1.16. The molecule has 0 aromatic carbocycles. The molecule has 1 aliphatic carbocycles. The zero-order valence-corrected chi connectivity index (χ0v) is 12.0. The molecule has 3 rings (SSSR count). The molecule has 1 saturated carbocycles. The van der Waals surface area contributed by atoms with E-state index in [9.17, 15) is 4.79 Å². The fraction of sp³-hybridized carbons (Fsp3) is 0.600. The zero-order chi connectivity index (χ0) is 13.1. The third-order valence-electron chi connectivity index (χ3n) is 4.01. The number of Topliss-reactive ketones (excluding diaryl/α,β-unsaturated/α-hetero) is 1. The van der Waals surface area contributed by atoms with Crippen LogP contribution in [0.1, 0.15) is 50.6 Å². The number of ketones is 1. The third-order valence-corrected chi connectivity index (χ3v) is 4.78. The minimum atomic E-state index is 0.359. The van der Waals surface area contributed by atoms with Crippen LogP contribution < -0.4 is 0 Å². The average Bonchev–Trinajstić information content (AvgIpc) is 2.83. The molecule has 2 aromatic rings. The summed E-state index contributed by atoms with van der Waals surface area (Å²) in [6.45, 7) is 0. The Bertz CT molecular complexity index is 521. The third kappa shape index (κ3) is 3.24. The van der Waals surface area contributed by atoms with Gasteiger partial charge in [-0.15, -0.1) is 11.3 Å². The van der Waals surface area contributed by atoms with Gasteiger partial charge >= 0.3 is 0 Å². The normalized spacial score (nSPS) is 17.7. The number of nitrogens with zero attached hydrogens (tertiary/aromatic N) is 2. The van der Waals surface area contributed by atoms with Gasteiger partial charge < -0.3 is 0 Å². The molecule has 0 radical (unpaired) electrons. The van der Waals surface area contributed by atoms with Gasteiger partial charge in [-0.3, -0.25) is 9.20 Å². The number of carbonyl (C=O) groups is 1. The molecule has 0 atom stereocenters. The summed E-state index contributed by atoms with van der Waals surface area (Å²) >= 11 is 1.61. The molecular formula is C15H20N2OS. The molecule has 0 unspecified atom stereocenters. The molecule has 4 heteroatoms. The van der Waals surface area contributed by atoms with Gasteiger partial charge in [-0.25, -0.2) is 4.98 Å². The predicted octanol–water partition coefficient (Wildman–Crippen LogP) is 3.87. The summed E-state index contributed by atoms with van der Waals surface area (Å²) in [6, 6.07) is 0. The lowest BCUT2D eigenvalue weighted by molar-refractivity contribution is -0.119. The molecule has 2 heterocycles. The number of hydrogen-bond acceptors (Lipinski definition) is 3. The van der Waals surface area contributed by atoms with Crippen LogP contribution in [0.25, 0.3) is 4.96 Å². The molecule has 3 nitrogen and oxygen atoms in total. The molecular weight excluding hydrogens is 256 g/mol. The minimum Gasteiger partial charge on any atom is -0.299 e. The van der Waals surface area contributed by atoms with Gasteiger partial charge in [0, 0.05) is 24.2 Å². The first kappa shape index (κ1) is 12.9. The molecule has 0 bridgehead atoms. The van der Waals surface area contributed by atoms with Crippen molar-refractivity contribution in [2.75, 3.05) is 0 Å². The lowest BCUT2D eigenvalue weighted by Gasteiger charge is -2.11. The van der Waals surface area contributed by atoms with Gasteiger partial charge in [-0.2, -0.15) is 0 Å². The largest absolute Gasteiger partial charge is 0.299 e. The van der Waals surface area contributed by atoms with Crippen molar-refractivity contribution < 1.29 is 4.79 Å². The number of aromatic nitrogens is 2. The number of thiazole rings is 1. The van der Waals surface area contributed by atoms with Crippen LogP contribution in [-0.4, -0.2) is 15.2 Å². The summed E-state index contributed by atoms with van der Waals surface area (Å²) in [6.07, 6.45) is 13.0. The van der Waals surface area contributed by atoms with E-state index in [1.165, 1.54) is 38.5 Å². The zero-order valence-electron chi connectivity index (χ0n) is 11.2. The summed E-state index contributed by atoms with van der Waals surface area (Å²) in [4.78, 5) is 17.6. The number of hydrogen-bond donors (Lipinski definition) is 0. The maximum Gasteiger partial charge on any atom is 0.193 e. The first-order chi connectivity index (χ1) is 9.31. The van der Waals surface area contributed by atoms with Gasteiger partial charge in [0.2, 0.25) is 0 Å². The number of imidazole rings is 1. The van der Waals surface area contributed by atoms with Crippen molar-refractivity contribution in [3.8, 4) is 0 Å². The second-order valence-corrected chi connectivity index (χ2v) is 6.48. The molecule has 0 aliphatic heterocycles. The van der Waals surface area contributed by atoms with Gasteiger partial charge in [0.1, 0.15) is 5.78 Å². The van der Waals surface area contributed by atoms with E-state index in [4.69, 9.17) is 0 Å². The molecule has 0 amide bonds. The average molecular weight is 276 g/mol. The highest BCUT2D eigenvalue weighted by Gasteiger charge is 2.17. The maximum absolute atomic E-state index is 12.1. The van der Waals surface area contributed by atoms with Crippen LogP contribution in [0.2, 0.25) is 0 Å². The van der Waals surface area contributed by atoms with Crippen molar-refractivity contribution in [2.45, 2.75) is 51.4 Å². The van der Waals surface area contributed by atoms with E-state index in [1.807, 2.05) is 22.2 Å². The predicted molar refractivity (Wildman–Crippen MR) is 77.6 cm³/mol. The maximum atomic E-state index is 12.1. The van der Waals surface area contributed by atoms with Crippen LogP contribution >= 0.6 is 11.3 Å². The highest BCUT2D eigenvalue weighted by atomic mass is 32.1. The van der Waals surface area contributed by atoms with Crippen LogP contribution in [0.4, 0.5) is 0 Å².